The van der Waals surface area contributed by atoms with E-state index in [1.807, 2.05) is 31.2 Å². The van der Waals surface area contributed by atoms with Crippen LogP contribution in [0.4, 0.5) is 0 Å². The van der Waals surface area contributed by atoms with Crippen LogP contribution in [-0.4, -0.2) is 84.6 Å². The summed E-state index contributed by atoms with van der Waals surface area (Å²) in [6.07, 6.45) is 9.50. The van der Waals surface area contributed by atoms with Crippen molar-refractivity contribution in [1.29, 1.82) is 0 Å². The van der Waals surface area contributed by atoms with Gasteiger partial charge in [-0.3, -0.25) is 9.59 Å². The van der Waals surface area contributed by atoms with Gasteiger partial charge in [-0.2, -0.15) is 5.10 Å². The number of esters is 1. The van der Waals surface area contributed by atoms with Crippen LogP contribution in [0.5, 0.6) is 17.2 Å². The molecule has 2 aromatic rings. The summed E-state index contributed by atoms with van der Waals surface area (Å²) in [5.74, 6) is -1.15. The molecule has 0 spiro atoms. The molecule has 5 N–H and O–H groups in total. The van der Waals surface area contributed by atoms with E-state index in [0.29, 0.717) is 56.3 Å². The lowest BCUT2D eigenvalue weighted by Gasteiger charge is -2.65. The molecule has 7 rings (SSSR count). The summed E-state index contributed by atoms with van der Waals surface area (Å²) in [5, 5.41) is 43.4. The van der Waals surface area contributed by atoms with Crippen molar-refractivity contribution in [2.45, 2.75) is 95.4 Å². The van der Waals surface area contributed by atoms with Crippen LogP contribution in [0, 0.1) is 28.6 Å². The highest BCUT2D eigenvalue weighted by atomic mass is 16.5. The lowest BCUT2D eigenvalue weighted by molar-refractivity contribution is -0.237. The number of hydrogen-bond donors (Lipinski definition) is 5. The Balaban J connectivity index is 1.19. The highest BCUT2D eigenvalue weighted by Crippen LogP contribution is 2.70. The summed E-state index contributed by atoms with van der Waals surface area (Å²) in [6, 6.07) is 10.6. The van der Waals surface area contributed by atoms with Gasteiger partial charge in [-0.15, -0.1) is 0 Å². The van der Waals surface area contributed by atoms with Crippen LogP contribution >= 0.6 is 0 Å². The molecule has 13 nitrogen and oxygen atoms in total. The quantitative estimate of drug-likeness (QED) is 0.0913. The number of nitrogens with zero attached hydrogens (tertiary/aromatic N) is 1. The fraction of sp³-hybridized carbons (Fsp3) is 0.545. The third-order valence-corrected chi connectivity index (χ3v) is 14.2. The third kappa shape index (κ3) is 6.91. The molecule has 1 aliphatic heterocycles. The normalized spacial score (nSPS) is 33.4. The number of ether oxygens (including phenoxy) is 4. The zero-order valence-electron chi connectivity index (χ0n) is 33.4. The lowest BCUT2D eigenvalue weighted by Crippen LogP contribution is -2.68. The van der Waals surface area contributed by atoms with Crippen molar-refractivity contribution in [2.75, 3.05) is 27.9 Å². The Labute approximate surface area is 333 Å². The summed E-state index contributed by atoms with van der Waals surface area (Å²) in [4.78, 5) is 39.9. The molecule has 306 valence electrons. The molecule has 2 aromatic carbocycles. The van der Waals surface area contributed by atoms with Crippen molar-refractivity contribution >= 4 is 30.1 Å². The molecule has 0 bridgehead atoms. The first-order chi connectivity index (χ1) is 27.2. The predicted molar refractivity (Wildman–Crippen MR) is 212 cm³/mol. The van der Waals surface area contributed by atoms with Crippen molar-refractivity contribution in [1.82, 2.24) is 10.7 Å². The number of rotatable bonds is 11. The Bertz CT molecular complexity index is 1970. The number of aryl methyl sites for hydroxylation is 1. The van der Waals surface area contributed by atoms with Crippen molar-refractivity contribution in [3.8, 4) is 17.2 Å². The molecule has 4 aliphatic carbocycles. The van der Waals surface area contributed by atoms with Gasteiger partial charge in [0.25, 0.3) is 11.8 Å². The van der Waals surface area contributed by atoms with Crippen LogP contribution in [0.25, 0.3) is 6.08 Å². The predicted octanol–water partition coefficient (Wildman–Crippen LogP) is 4.86. The second-order valence-corrected chi connectivity index (χ2v) is 16.7. The van der Waals surface area contributed by atoms with Crippen molar-refractivity contribution in [3.63, 3.8) is 0 Å². The van der Waals surface area contributed by atoms with Gasteiger partial charge in [0.15, 0.2) is 11.5 Å². The van der Waals surface area contributed by atoms with E-state index >= 15 is 0 Å². The average molecular weight is 786 g/mol. The molecule has 0 saturated heterocycles. The van der Waals surface area contributed by atoms with Gasteiger partial charge in [-0.25, -0.2) is 10.2 Å². The number of cyclic esters (lactones) is 1. The Kier molecular flexibility index (Phi) is 11.0. The van der Waals surface area contributed by atoms with Gasteiger partial charge in [0.2, 0.25) is 5.75 Å². The van der Waals surface area contributed by atoms with Gasteiger partial charge in [0.05, 0.1) is 38.6 Å². The van der Waals surface area contributed by atoms with E-state index in [0.717, 1.165) is 24.0 Å². The maximum absolute atomic E-state index is 14.1. The maximum atomic E-state index is 14.1. The van der Waals surface area contributed by atoms with E-state index in [1.54, 1.807) is 18.4 Å². The number of amides is 2. The average Bonchev–Trinajstić information content (AvgIpc) is 3.75. The Morgan fingerprint density at radius 2 is 1.65 bits per heavy atom. The minimum atomic E-state index is -1.32. The van der Waals surface area contributed by atoms with Gasteiger partial charge >= 0.3 is 5.97 Å². The minimum absolute atomic E-state index is 0.00600. The number of nitrogens with one attached hydrogen (secondary N) is 2. The first-order valence-corrected chi connectivity index (χ1v) is 20.0. The van der Waals surface area contributed by atoms with Crippen LogP contribution in [0.2, 0.25) is 0 Å². The zero-order valence-corrected chi connectivity index (χ0v) is 33.4. The largest absolute Gasteiger partial charge is 0.493 e. The van der Waals surface area contributed by atoms with E-state index < -0.39 is 40.0 Å². The van der Waals surface area contributed by atoms with Gasteiger partial charge in [-0.1, -0.05) is 38.1 Å². The van der Waals surface area contributed by atoms with Crippen molar-refractivity contribution < 1.29 is 48.7 Å². The summed E-state index contributed by atoms with van der Waals surface area (Å²) < 4.78 is 21.6. The number of hydrazone groups is 1. The zero-order chi connectivity index (χ0) is 40.8. The molecular formula is C44H55N3O10. The smallest absolute Gasteiger partial charge is 0.331 e. The van der Waals surface area contributed by atoms with Crippen LogP contribution in [0.1, 0.15) is 93.1 Å². The van der Waals surface area contributed by atoms with Gasteiger partial charge in [0.1, 0.15) is 12.3 Å². The number of aliphatic hydroxyl groups is 3. The van der Waals surface area contributed by atoms with E-state index in [9.17, 15) is 29.7 Å². The molecule has 5 aliphatic rings. The van der Waals surface area contributed by atoms with E-state index in [4.69, 9.17) is 18.9 Å². The molecule has 4 fully saturated rings. The number of carbonyl (C=O) groups is 3. The number of hydrogen-bond acceptors (Lipinski definition) is 11. The van der Waals surface area contributed by atoms with Crippen LogP contribution in [0.15, 0.2) is 58.8 Å². The minimum Gasteiger partial charge on any atom is -0.493 e. The molecule has 0 aromatic heterocycles. The molecule has 0 unspecified atom stereocenters. The molecule has 1 heterocycles. The van der Waals surface area contributed by atoms with Crippen molar-refractivity contribution in [3.05, 3.63) is 70.4 Å². The van der Waals surface area contributed by atoms with Crippen LogP contribution < -0.4 is 25.0 Å². The highest BCUT2D eigenvalue weighted by molar-refractivity contribution is 6.05. The van der Waals surface area contributed by atoms with Gasteiger partial charge in [-0.05, 0) is 110 Å². The number of benzene rings is 2. The highest BCUT2D eigenvalue weighted by Gasteiger charge is 2.71. The van der Waals surface area contributed by atoms with E-state index in [2.05, 4.69) is 22.8 Å². The number of methoxy groups -OCH3 is 3. The fourth-order valence-electron chi connectivity index (χ4n) is 11.2. The molecule has 4 saturated carbocycles. The number of fused-ring (bicyclic) bond motifs is 5. The van der Waals surface area contributed by atoms with E-state index in [1.165, 1.54) is 33.5 Å². The second-order valence-electron chi connectivity index (χ2n) is 16.7. The number of carbonyl (C=O) groups excluding carboxylic acids is 3. The lowest BCUT2D eigenvalue weighted by atomic mass is 9.41. The van der Waals surface area contributed by atoms with Crippen LogP contribution in [0.3, 0.4) is 0 Å². The maximum Gasteiger partial charge on any atom is 0.331 e. The molecule has 13 heteroatoms. The van der Waals surface area contributed by atoms with Gasteiger partial charge < -0.3 is 39.6 Å². The number of aliphatic hydroxyl groups excluding tert-OH is 1. The Morgan fingerprint density at radius 1 is 0.947 bits per heavy atom. The molecule has 2 amide bonds. The monoisotopic (exact) mass is 785 g/mol. The first-order valence-electron chi connectivity index (χ1n) is 20.0. The molecule has 0 radical (unpaired) electrons. The molecule has 57 heavy (non-hydrogen) atoms. The summed E-state index contributed by atoms with van der Waals surface area (Å²) in [6.45, 7) is 4.43. The van der Waals surface area contributed by atoms with E-state index in [-0.39, 0.29) is 59.5 Å². The Morgan fingerprint density at radius 3 is 2.28 bits per heavy atom. The second kappa shape index (κ2) is 15.6. The summed E-state index contributed by atoms with van der Waals surface area (Å²) in [7, 11) is 4.36. The first kappa shape index (κ1) is 40.5. The van der Waals surface area contributed by atoms with Crippen molar-refractivity contribution in [2.24, 2.45) is 33.7 Å². The fourth-order valence-corrected chi connectivity index (χ4v) is 11.2. The molecule has 8 atom stereocenters. The third-order valence-electron chi connectivity index (χ3n) is 14.2. The standard InChI is InChI=1S/C44H55N3O10/c1-6-26-7-9-27(10-8-26)19-34(46-39(50)28-20-35(54-3)38(56-5)36(21-28)55-4)40(51)47-45-25-42-16-11-30(48)23-43(42,52)17-13-33-32(42)12-15-41(2)31(14-18-44(33,41)53)29-22-37(49)57-24-29/h7-10,19-22,25,30-33,48,52-53H,6,11-18,23-24H2,1-5H3,(H,46,50)(H,47,51)/b34-19+,45-25-/t30-,31+,32+,33-,41-,42+,43-,44-/m1/s1. The molecular weight excluding hydrogens is 730 g/mol. The summed E-state index contributed by atoms with van der Waals surface area (Å²) >= 11 is 0. The van der Waals surface area contributed by atoms with Gasteiger partial charge in [0, 0.05) is 35.1 Å². The topological polar surface area (TPSA) is 185 Å². The SMILES string of the molecule is CCc1ccc(/C=C(/NC(=O)c2cc(OC)c(OC)c(OC)c2)C(=O)N/N=C\[C@]23CC[C@@H](O)C[C@]2(O)CC[C@@H]2[C@@H]3CC[C@]3(C)[C@H](C4=CC(=O)OC4)CC[C@@]23O)cc1. The van der Waals surface area contributed by atoms with Crippen LogP contribution in [-0.2, 0) is 20.7 Å². The Hall–Kier alpha value is -4.72. The summed E-state index contributed by atoms with van der Waals surface area (Å²) in [5.41, 5.74) is 1.62.